The predicted molar refractivity (Wildman–Crippen MR) is 60.2 cm³/mol. The lowest BCUT2D eigenvalue weighted by molar-refractivity contribution is 0.723. The number of nitrogens with zero attached hydrogens (tertiary/aromatic N) is 1. The van der Waals surface area contributed by atoms with Crippen LogP contribution in [-0.2, 0) is 0 Å². The zero-order valence-corrected chi connectivity index (χ0v) is 9.26. The summed E-state index contributed by atoms with van der Waals surface area (Å²) in [5.74, 6) is 0. The average Bonchev–Trinajstić information content (AvgIpc) is 2.13. The van der Waals surface area contributed by atoms with E-state index in [2.05, 4.69) is 23.3 Å². The van der Waals surface area contributed by atoms with Gasteiger partial charge in [0.25, 0.3) is 0 Å². The molecule has 0 aliphatic heterocycles. The number of allylic oxidation sites excluding steroid dienone is 3. The van der Waals surface area contributed by atoms with Crippen molar-refractivity contribution in [1.29, 1.82) is 0 Å². The van der Waals surface area contributed by atoms with Gasteiger partial charge in [-0.1, -0.05) is 6.08 Å². The Morgan fingerprint density at radius 2 is 2.00 bits per heavy atom. The number of hydrogen-bond donors (Lipinski definition) is 1. The normalized spacial score (nSPS) is 16.7. The van der Waals surface area contributed by atoms with E-state index < -0.39 is 0 Å². The van der Waals surface area contributed by atoms with Gasteiger partial charge in [0.2, 0.25) is 0 Å². The molecule has 0 rings (SSSR count). The van der Waals surface area contributed by atoms with Gasteiger partial charge in [-0.25, -0.2) is 0 Å². The number of likely N-dealkylation sites (N-methyl/N-ethyl adjacent to an activating group) is 1. The lowest BCUT2D eigenvalue weighted by Crippen LogP contribution is -2.18. The smallest absolute Gasteiger partial charge is 0.0348 e. The van der Waals surface area contributed by atoms with Gasteiger partial charge in [0, 0.05) is 18.0 Å². The van der Waals surface area contributed by atoms with Crippen LogP contribution in [0.5, 0.6) is 0 Å². The molecule has 0 spiro atoms. The molecule has 0 bridgehead atoms. The van der Waals surface area contributed by atoms with Gasteiger partial charge in [-0.2, -0.15) is 0 Å². The van der Waals surface area contributed by atoms with Gasteiger partial charge in [0.05, 0.1) is 0 Å². The number of aliphatic imine (C=N–C) groups is 1. The first-order valence-electron chi connectivity index (χ1n) is 4.62. The van der Waals surface area contributed by atoms with Gasteiger partial charge < -0.3 is 5.32 Å². The highest BCUT2D eigenvalue weighted by molar-refractivity contribution is 5.78. The van der Waals surface area contributed by atoms with Crippen LogP contribution in [0.3, 0.4) is 0 Å². The van der Waals surface area contributed by atoms with Crippen LogP contribution >= 0.6 is 0 Å². The second kappa shape index (κ2) is 6.61. The SMILES string of the molecule is C\C=C(C)/C=N\C(C)=C\[C@H](C)NC. The fourth-order valence-electron chi connectivity index (χ4n) is 0.766. The molecule has 0 radical (unpaired) electrons. The van der Waals surface area contributed by atoms with E-state index in [0.29, 0.717) is 6.04 Å². The maximum absolute atomic E-state index is 4.31. The van der Waals surface area contributed by atoms with Crippen molar-refractivity contribution in [3.8, 4) is 0 Å². The molecule has 74 valence electrons. The van der Waals surface area contributed by atoms with Crippen LogP contribution in [0, 0.1) is 0 Å². The van der Waals surface area contributed by atoms with Gasteiger partial charge in [-0.15, -0.1) is 0 Å². The standard InChI is InChI=1S/C11H20N2/c1-6-9(2)8-13-11(4)7-10(3)12-5/h6-8,10,12H,1-5H3/b9-6-,11-7+,13-8-/t10-/m0/s1. The second-order valence-corrected chi connectivity index (χ2v) is 3.18. The summed E-state index contributed by atoms with van der Waals surface area (Å²) in [5, 5.41) is 3.13. The summed E-state index contributed by atoms with van der Waals surface area (Å²) >= 11 is 0. The second-order valence-electron chi connectivity index (χ2n) is 3.18. The molecule has 0 unspecified atom stereocenters. The first kappa shape index (κ1) is 12.1. The van der Waals surface area contributed by atoms with Crippen molar-refractivity contribution in [3.63, 3.8) is 0 Å². The summed E-state index contributed by atoms with van der Waals surface area (Å²) in [5.41, 5.74) is 2.23. The number of nitrogens with one attached hydrogen (secondary N) is 1. The first-order valence-corrected chi connectivity index (χ1v) is 4.62. The Morgan fingerprint density at radius 3 is 2.46 bits per heavy atom. The molecule has 1 N–H and O–H groups in total. The monoisotopic (exact) mass is 180 g/mol. The maximum Gasteiger partial charge on any atom is 0.0348 e. The van der Waals surface area contributed by atoms with E-state index in [0.717, 1.165) is 5.70 Å². The Hall–Kier alpha value is -0.890. The summed E-state index contributed by atoms with van der Waals surface area (Å²) in [6.45, 7) is 8.16. The van der Waals surface area contributed by atoms with Crippen molar-refractivity contribution in [2.24, 2.45) is 4.99 Å². The van der Waals surface area contributed by atoms with E-state index in [1.165, 1.54) is 5.57 Å². The molecule has 0 aromatic rings. The van der Waals surface area contributed by atoms with Crippen molar-refractivity contribution in [3.05, 3.63) is 23.4 Å². The van der Waals surface area contributed by atoms with E-state index in [9.17, 15) is 0 Å². The van der Waals surface area contributed by atoms with E-state index in [1.807, 2.05) is 40.1 Å². The molecule has 0 saturated heterocycles. The molecule has 2 nitrogen and oxygen atoms in total. The summed E-state index contributed by atoms with van der Waals surface area (Å²) in [4.78, 5) is 4.31. The van der Waals surface area contributed by atoms with Gasteiger partial charge in [-0.05, 0) is 46.4 Å². The minimum Gasteiger partial charge on any atom is -0.314 e. The zero-order valence-electron chi connectivity index (χ0n) is 9.26. The largest absolute Gasteiger partial charge is 0.314 e. The minimum absolute atomic E-state index is 0.378. The highest BCUT2D eigenvalue weighted by Crippen LogP contribution is 1.98. The molecule has 0 fully saturated rings. The molecule has 0 aromatic carbocycles. The van der Waals surface area contributed by atoms with Crippen LogP contribution < -0.4 is 5.32 Å². The number of hydrogen-bond acceptors (Lipinski definition) is 2. The van der Waals surface area contributed by atoms with Crippen molar-refractivity contribution < 1.29 is 0 Å². The Morgan fingerprint density at radius 1 is 1.38 bits per heavy atom. The van der Waals surface area contributed by atoms with E-state index in [4.69, 9.17) is 0 Å². The summed E-state index contributed by atoms with van der Waals surface area (Å²) < 4.78 is 0. The Bertz CT molecular complexity index is 224. The molecule has 13 heavy (non-hydrogen) atoms. The highest BCUT2D eigenvalue weighted by Gasteiger charge is 1.91. The topological polar surface area (TPSA) is 24.4 Å². The van der Waals surface area contributed by atoms with Crippen molar-refractivity contribution in [2.45, 2.75) is 33.7 Å². The predicted octanol–water partition coefficient (Wildman–Crippen LogP) is 2.54. The third kappa shape index (κ3) is 6.29. The highest BCUT2D eigenvalue weighted by atomic mass is 14.9. The van der Waals surface area contributed by atoms with Crippen LogP contribution in [0.4, 0.5) is 0 Å². The zero-order chi connectivity index (χ0) is 10.3. The van der Waals surface area contributed by atoms with E-state index in [-0.39, 0.29) is 0 Å². The fourth-order valence-corrected chi connectivity index (χ4v) is 0.766. The van der Waals surface area contributed by atoms with Crippen LogP contribution in [0.1, 0.15) is 27.7 Å². The van der Waals surface area contributed by atoms with Crippen molar-refractivity contribution in [2.75, 3.05) is 7.05 Å². The fraction of sp³-hybridized carbons (Fsp3) is 0.545. The first-order chi connectivity index (χ1) is 6.10. The summed E-state index contributed by atoms with van der Waals surface area (Å²) in [7, 11) is 1.94. The summed E-state index contributed by atoms with van der Waals surface area (Å²) in [6.07, 6.45) is 6.02. The third-order valence-corrected chi connectivity index (χ3v) is 1.87. The maximum atomic E-state index is 4.31. The number of rotatable bonds is 4. The Balaban J connectivity index is 4.21. The molecule has 2 heteroatoms. The molecular weight excluding hydrogens is 160 g/mol. The van der Waals surface area contributed by atoms with Crippen LogP contribution in [0.25, 0.3) is 0 Å². The van der Waals surface area contributed by atoms with Gasteiger partial charge >= 0.3 is 0 Å². The van der Waals surface area contributed by atoms with Gasteiger partial charge in [0.1, 0.15) is 0 Å². The molecule has 0 aromatic heterocycles. The lowest BCUT2D eigenvalue weighted by Gasteiger charge is -2.03. The van der Waals surface area contributed by atoms with E-state index in [1.54, 1.807) is 0 Å². The quantitative estimate of drug-likeness (QED) is 0.661. The van der Waals surface area contributed by atoms with E-state index >= 15 is 0 Å². The molecule has 0 amide bonds. The third-order valence-electron chi connectivity index (χ3n) is 1.87. The van der Waals surface area contributed by atoms with Gasteiger partial charge in [-0.3, -0.25) is 4.99 Å². The van der Waals surface area contributed by atoms with Crippen molar-refractivity contribution >= 4 is 6.21 Å². The minimum atomic E-state index is 0.378. The lowest BCUT2D eigenvalue weighted by atomic mass is 10.3. The average molecular weight is 180 g/mol. The van der Waals surface area contributed by atoms with Crippen LogP contribution in [0.2, 0.25) is 0 Å². The van der Waals surface area contributed by atoms with Crippen molar-refractivity contribution in [1.82, 2.24) is 5.32 Å². The molecule has 0 heterocycles. The Kier molecular flexibility index (Phi) is 6.15. The van der Waals surface area contributed by atoms with Crippen LogP contribution in [0.15, 0.2) is 28.4 Å². The Labute approximate surface area is 81.5 Å². The molecule has 0 saturated carbocycles. The van der Waals surface area contributed by atoms with Crippen LogP contribution in [-0.4, -0.2) is 19.3 Å². The molecule has 1 atom stereocenters. The van der Waals surface area contributed by atoms with Gasteiger partial charge in [0.15, 0.2) is 0 Å². The summed E-state index contributed by atoms with van der Waals surface area (Å²) in [6, 6.07) is 0.378. The molecule has 0 aliphatic carbocycles. The molecule has 0 aliphatic rings. The molecular formula is C11H20N2.